The topological polar surface area (TPSA) is 46.4 Å². The van der Waals surface area contributed by atoms with E-state index in [2.05, 4.69) is 42.3 Å². The minimum absolute atomic E-state index is 0.0240. The lowest BCUT2D eigenvalue weighted by Gasteiger charge is -2.13. The number of hydrogen-bond donors (Lipinski definition) is 2. The van der Waals surface area contributed by atoms with Crippen LogP contribution in [0.2, 0.25) is 0 Å². The van der Waals surface area contributed by atoms with E-state index in [4.69, 9.17) is 0 Å². The molecular formula is C20H24N3OS+. The first-order valence-corrected chi connectivity index (χ1v) is 9.38. The highest BCUT2D eigenvalue weighted by atomic mass is 32.1. The van der Waals surface area contributed by atoms with Crippen molar-refractivity contribution in [3.63, 3.8) is 0 Å². The summed E-state index contributed by atoms with van der Waals surface area (Å²) in [7, 11) is 2.02. The molecule has 0 saturated carbocycles. The molecule has 0 aliphatic carbocycles. The third-order valence-corrected chi connectivity index (χ3v) is 5.15. The van der Waals surface area contributed by atoms with Crippen molar-refractivity contribution in [2.24, 2.45) is 0 Å². The monoisotopic (exact) mass is 354 g/mol. The van der Waals surface area contributed by atoms with Crippen LogP contribution < -0.4 is 10.2 Å². The molecule has 3 rings (SSSR count). The summed E-state index contributed by atoms with van der Waals surface area (Å²) in [5.74, 6) is 0.519. The number of thiazole rings is 1. The maximum Gasteiger partial charge on any atom is 0.279 e. The molecular weight excluding hydrogens is 330 g/mol. The molecule has 2 N–H and O–H groups in total. The second-order valence-corrected chi connectivity index (χ2v) is 7.83. The molecule has 3 aromatic rings. The lowest BCUT2D eigenvalue weighted by Crippen LogP contribution is -3.08. The van der Waals surface area contributed by atoms with Gasteiger partial charge in [-0.15, -0.1) is 11.3 Å². The van der Waals surface area contributed by atoms with E-state index in [-0.39, 0.29) is 5.91 Å². The minimum atomic E-state index is 0.0240. The number of hydrogen-bond acceptors (Lipinski definition) is 3. The van der Waals surface area contributed by atoms with Crippen molar-refractivity contribution in [3.05, 3.63) is 59.1 Å². The second-order valence-electron chi connectivity index (χ2n) is 6.71. The van der Waals surface area contributed by atoms with Crippen molar-refractivity contribution in [1.82, 2.24) is 4.98 Å². The van der Waals surface area contributed by atoms with Crippen LogP contribution >= 0.6 is 11.3 Å². The van der Waals surface area contributed by atoms with Gasteiger partial charge in [-0.1, -0.05) is 38.1 Å². The molecule has 0 radical (unpaired) electrons. The number of benzene rings is 2. The summed E-state index contributed by atoms with van der Waals surface area (Å²) in [5.41, 5.74) is 3.16. The molecule has 5 heteroatoms. The highest BCUT2D eigenvalue weighted by Gasteiger charge is 2.13. The molecule has 1 unspecified atom stereocenters. The van der Waals surface area contributed by atoms with E-state index in [0.717, 1.165) is 27.7 Å². The van der Waals surface area contributed by atoms with Gasteiger partial charge in [0.1, 0.15) is 11.6 Å². The average molecular weight is 354 g/mol. The molecule has 0 spiro atoms. The number of fused-ring (bicyclic) bond motifs is 1. The Bertz CT molecular complexity index is 822. The van der Waals surface area contributed by atoms with E-state index in [1.807, 2.05) is 37.4 Å². The summed E-state index contributed by atoms with van der Waals surface area (Å²) < 4.78 is 1.19. The van der Waals surface area contributed by atoms with Crippen LogP contribution in [-0.2, 0) is 11.3 Å². The molecule has 4 nitrogen and oxygen atoms in total. The zero-order chi connectivity index (χ0) is 17.8. The molecule has 0 fully saturated rings. The van der Waals surface area contributed by atoms with Crippen molar-refractivity contribution >= 4 is 33.1 Å². The molecule has 25 heavy (non-hydrogen) atoms. The van der Waals surface area contributed by atoms with Crippen LogP contribution in [0.3, 0.4) is 0 Å². The molecule has 1 amide bonds. The minimum Gasteiger partial charge on any atom is -0.324 e. The van der Waals surface area contributed by atoms with Gasteiger partial charge in [-0.3, -0.25) is 4.79 Å². The van der Waals surface area contributed by atoms with Crippen molar-refractivity contribution in [2.75, 3.05) is 18.9 Å². The maximum atomic E-state index is 12.3. The van der Waals surface area contributed by atoms with Crippen molar-refractivity contribution in [3.8, 4) is 0 Å². The number of nitrogens with zero attached hydrogens (tertiary/aromatic N) is 1. The number of carbonyl (C=O) groups is 1. The Balaban J connectivity index is 1.54. The first-order valence-electron chi connectivity index (χ1n) is 8.57. The van der Waals surface area contributed by atoms with Crippen LogP contribution in [0.25, 0.3) is 10.2 Å². The molecule has 0 aliphatic heterocycles. The predicted molar refractivity (Wildman–Crippen MR) is 104 cm³/mol. The largest absolute Gasteiger partial charge is 0.324 e. The Morgan fingerprint density at radius 3 is 2.56 bits per heavy atom. The summed E-state index contributed by atoms with van der Waals surface area (Å²) in [4.78, 5) is 18.0. The molecule has 2 aromatic carbocycles. The molecule has 130 valence electrons. The lowest BCUT2D eigenvalue weighted by molar-refractivity contribution is -0.885. The van der Waals surface area contributed by atoms with Crippen molar-refractivity contribution in [1.29, 1.82) is 0 Å². The van der Waals surface area contributed by atoms with Crippen LogP contribution in [0.1, 0.15) is 30.3 Å². The van der Waals surface area contributed by atoms with Crippen molar-refractivity contribution < 1.29 is 9.69 Å². The standard InChI is InChI=1S/C20H23N3OS/c1-14(2)15-8-10-16(11-9-15)21-19(24)12-23(3)13-20-22-17-6-4-5-7-18(17)25-20/h4-11,14H,12-13H2,1-3H3,(H,21,24)/p+1. The third kappa shape index (κ3) is 4.65. The number of aromatic nitrogens is 1. The van der Waals surface area contributed by atoms with Gasteiger partial charge in [0.25, 0.3) is 5.91 Å². The summed E-state index contributed by atoms with van der Waals surface area (Å²) in [6.45, 7) is 5.49. The summed E-state index contributed by atoms with van der Waals surface area (Å²) >= 11 is 1.70. The number of anilines is 1. The van der Waals surface area contributed by atoms with Gasteiger partial charge in [0.2, 0.25) is 0 Å². The van der Waals surface area contributed by atoms with Gasteiger partial charge in [0, 0.05) is 5.69 Å². The number of likely N-dealkylation sites (N-methyl/N-ethyl adjacent to an activating group) is 1. The quantitative estimate of drug-likeness (QED) is 0.715. The Morgan fingerprint density at radius 2 is 1.88 bits per heavy atom. The van der Waals surface area contributed by atoms with Gasteiger partial charge in [-0.05, 0) is 35.7 Å². The van der Waals surface area contributed by atoms with E-state index in [0.29, 0.717) is 12.5 Å². The zero-order valence-electron chi connectivity index (χ0n) is 14.9. The maximum absolute atomic E-state index is 12.3. The van der Waals surface area contributed by atoms with Crippen LogP contribution in [0.4, 0.5) is 5.69 Å². The SMILES string of the molecule is CC(C)c1ccc(NC(=O)C[NH+](C)Cc2nc3ccccc3s2)cc1. The Kier molecular flexibility index (Phi) is 5.46. The average Bonchev–Trinajstić information content (AvgIpc) is 2.97. The Labute approximate surface area is 152 Å². The van der Waals surface area contributed by atoms with Crippen LogP contribution in [0.15, 0.2) is 48.5 Å². The van der Waals surface area contributed by atoms with Crippen molar-refractivity contribution in [2.45, 2.75) is 26.3 Å². The molecule has 0 bridgehead atoms. The van der Waals surface area contributed by atoms with Crippen LogP contribution in [-0.4, -0.2) is 24.5 Å². The number of para-hydroxylation sites is 1. The molecule has 0 aliphatic rings. The molecule has 1 heterocycles. The summed E-state index contributed by atoms with van der Waals surface area (Å²) in [5, 5.41) is 4.04. The normalized spacial score (nSPS) is 12.5. The number of quaternary nitrogens is 1. The fourth-order valence-electron chi connectivity index (χ4n) is 2.75. The second kappa shape index (κ2) is 7.76. The van der Waals surface area contributed by atoms with Crippen LogP contribution in [0.5, 0.6) is 0 Å². The molecule has 1 atom stereocenters. The zero-order valence-corrected chi connectivity index (χ0v) is 15.7. The number of carbonyl (C=O) groups excluding carboxylic acids is 1. The van der Waals surface area contributed by atoms with Gasteiger partial charge in [-0.2, -0.15) is 0 Å². The Hall–Kier alpha value is -2.24. The fraction of sp³-hybridized carbons (Fsp3) is 0.300. The Morgan fingerprint density at radius 1 is 1.16 bits per heavy atom. The third-order valence-electron chi connectivity index (χ3n) is 4.11. The van der Waals surface area contributed by atoms with E-state index in [1.165, 1.54) is 10.3 Å². The highest BCUT2D eigenvalue weighted by Crippen LogP contribution is 2.20. The number of nitrogens with one attached hydrogen (secondary N) is 2. The van der Waals surface area contributed by atoms with Crippen LogP contribution in [0, 0.1) is 0 Å². The first kappa shape index (κ1) is 17.6. The fourth-order valence-corrected chi connectivity index (χ4v) is 3.83. The number of amides is 1. The van der Waals surface area contributed by atoms with E-state index in [1.54, 1.807) is 11.3 Å². The summed E-state index contributed by atoms with van der Waals surface area (Å²) in [6.07, 6.45) is 0. The van der Waals surface area contributed by atoms with Gasteiger partial charge in [0.05, 0.1) is 17.3 Å². The van der Waals surface area contributed by atoms with Gasteiger partial charge in [0.15, 0.2) is 6.54 Å². The highest BCUT2D eigenvalue weighted by molar-refractivity contribution is 7.18. The first-order chi connectivity index (χ1) is 12.0. The van der Waals surface area contributed by atoms with E-state index >= 15 is 0 Å². The van der Waals surface area contributed by atoms with Gasteiger partial charge >= 0.3 is 0 Å². The predicted octanol–water partition coefficient (Wildman–Crippen LogP) is 3.07. The van der Waals surface area contributed by atoms with Gasteiger partial charge < -0.3 is 10.2 Å². The summed E-state index contributed by atoms with van der Waals surface area (Å²) in [6, 6.07) is 16.2. The van der Waals surface area contributed by atoms with E-state index in [9.17, 15) is 4.79 Å². The lowest BCUT2D eigenvalue weighted by atomic mass is 10.0. The smallest absolute Gasteiger partial charge is 0.279 e. The number of rotatable bonds is 6. The molecule has 1 aromatic heterocycles. The van der Waals surface area contributed by atoms with E-state index < -0.39 is 0 Å². The van der Waals surface area contributed by atoms with Gasteiger partial charge in [-0.25, -0.2) is 4.98 Å². The molecule has 0 saturated heterocycles.